The van der Waals surface area contributed by atoms with Crippen LogP contribution in [-0.2, 0) is 6.18 Å². The molecule has 136 valence electrons. The van der Waals surface area contributed by atoms with Crippen molar-refractivity contribution in [2.75, 3.05) is 0 Å². The molecule has 3 rings (SSSR count). The van der Waals surface area contributed by atoms with Crippen molar-refractivity contribution in [2.45, 2.75) is 26.9 Å². The highest BCUT2D eigenvalue weighted by molar-refractivity contribution is 5.77. The topological polar surface area (TPSA) is 23.8 Å². The van der Waals surface area contributed by atoms with Gasteiger partial charge in [-0.05, 0) is 84.0 Å². The Balaban J connectivity index is 2.18. The molecule has 4 heteroatoms. The van der Waals surface area contributed by atoms with E-state index in [2.05, 4.69) is 6.07 Å². The van der Waals surface area contributed by atoms with Crippen molar-refractivity contribution in [2.24, 2.45) is 0 Å². The van der Waals surface area contributed by atoms with Gasteiger partial charge < -0.3 is 0 Å². The quantitative estimate of drug-likeness (QED) is 0.488. The van der Waals surface area contributed by atoms with Crippen LogP contribution < -0.4 is 0 Å². The molecule has 0 aliphatic heterocycles. The third kappa shape index (κ3) is 3.88. The monoisotopic (exact) mass is 365 g/mol. The molecular weight excluding hydrogens is 347 g/mol. The van der Waals surface area contributed by atoms with Crippen LogP contribution in [-0.4, -0.2) is 0 Å². The summed E-state index contributed by atoms with van der Waals surface area (Å²) in [6.45, 7) is 5.91. The second-order valence-corrected chi connectivity index (χ2v) is 6.74. The van der Waals surface area contributed by atoms with Gasteiger partial charge >= 0.3 is 6.18 Å². The van der Waals surface area contributed by atoms with Crippen LogP contribution in [0.5, 0.6) is 0 Å². The van der Waals surface area contributed by atoms with Crippen molar-refractivity contribution < 1.29 is 13.2 Å². The van der Waals surface area contributed by atoms with E-state index in [-0.39, 0.29) is 5.56 Å². The van der Waals surface area contributed by atoms with E-state index in [0.717, 1.165) is 34.4 Å². The van der Waals surface area contributed by atoms with Crippen molar-refractivity contribution in [1.29, 1.82) is 5.26 Å². The zero-order valence-electron chi connectivity index (χ0n) is 15.3. The lowest BCUT2D eigenvalue weighted by molar-refractivity contribution is -0.137. The zero-order chi connectivity index (χ0) is 19.8. The fraction of sp³-hybridized carbons (Fsp3) is 0.174. The first-order valence-corrected chi connectivity index (χ1v) is 8.50. The van der Waals surface area contributed by atoms with Gasteiger partial charge in [-0.3, -0.25) is 0 Å². The molecule has 0 unspecified atom stereocenters. The minimum atomic E-state index is -4.50. The van der Waals surface area contributed by atoms with Gasteiger partial charge in [-0.15, -0.1) is 0 Å². The summed E-state index contributed by atoms with van der Waals surface area (Å²) in [6.07, 6.45) is -4.50. The van der Waals surface area contributed by atoms with E-state index in [1.807, 2.05) is 57.2 Å². The Labute approximate surface area is 156 Å². The Bertz CT molecular complexity index is 1060. The minimum Gasteiger partial charge on any atom is -0.192 e. The first-order valence-electron chi connectivity index (χ1n) is 8.50. The number of rotatable bonds is 2. The number of nitriles is 1. The highest BCUT2D eigenvalue weighted by Gasteiger charge is 2.31. The number of aryl methyl sites for hydroxylation is 3. The van der Waals surface area contributed by atoms with E-state index >= 15 is 0 Å². The molecule has 3 aromatic rings. The average molecular weight is 365 g/mol. The van der Waals surface area contributed by atoms with Crippen molar-refractivity contribution in [3.05, 3.63) is 82.4 Å². The van der Waals surface area contributed by atoms with Gasteiger partial charge in [-0.1, -0.05) is 30.3 Å². The van der Waals surface area contributed by atoms with Crippen LogP contribution >= 0.6 is 0 Å². The Morgan fingerprint density at radius 2 is 1.33 bits per heavy atom. The predicted octanol–water partition coefficient (Wildman–Crippen LogP) is 6.84. The number of benzene rings is 3. The molecule has 0 spiro atoms. The number of hydrogen-bond donors (Lipinski definition) is 0. The summed E-state index contributed by atoms with van der Waals surface area (Å²) < 4.78 is 39.7. The van der Waals surface area contributed by atoms with E-state index in [1.54, 1.807) is 0 Å². The molecular formula is C23H18F3N. The van der Waals surface area contributed by atoms with Crippen molar-refractivity contribution in [3.8, 4) is 28.3 Å². The highest BCUT2D eigenvalue weighted by atomic mass is 19.4. The zero-order valence-corrected chi connectivity index (χ0v) is 15.3. The third-order valence-corrected chi connectivity index (χ3v) is 4.78. The fourth-order valence-corrected chi connectivity index (χ4v) is 3.04. The summed E-state index contributed by atoms with van der Waals surface area (Å²) >= 11 is 0. The van der Waals surface area contributed by atoms with Crippen molar-refractivity contribution in [1.82, 2.24) is 0 Å². The Hall–Kier alpha value is -3.06. The van der Waals surface area contributed by atoms with E-state index in [4.69, 9.17) is 5.26 Å². The summed E-state index contributed by atoms with van der Waals surface area (Å²) in [5.41, 5.74) is 5.39. The van der Waals surface area contributed by atoms with Gasteiger partial charge in [0.2, 0.25) is 0 Å². The van der Waals surface area contributed by atoms with E-state index < -0.39 is 11.7 Å². The van der Waals surface area contributed by atoms with Crippen LogP contribution in [0, 0.1) is 32.1 Å². The number of alkyl halides is 3. The summed E-state index contributed by atoms with van der Waals surface area (Å²) in [4.78, 5) is 0. The molecule has 0 bridgehead atoms. The average Bonchev–Trinajstić information content (AvgIpc) is 2.63. The molecule has 0 atom stereocenters. The standard InChI is InChI=1S/C23H18F3N/c1-14-4-6-18(8-16(14)3)19-7-5-15(2)22(12-19)20-9-17(13-27)10-21(11-20)23(24,25)26/h4-12H,1-3H3. The first kappa shape index (κ1) is 18.7. The smallest absolute Gasteiger partial charge is 0.192 e. The molecule has 0 heterocycles. The van der Waals surface area contributed by atoms with Crippen LogP contribution in [0.25, 0.3) is 22.3 Å². The maximum Gasteiger partial charge on any atom is 0.416 e. The van der Waals surface area contributed by atoms with Gasteiger partial charge in [-0.25, -0.2) is 0 Å². The lowest BCUT2D eigenvalue weighted by Crippen LogP contribution is -2.05. The molecule has 0 amide bonds. The summed E-state index contributed by atoms with van der Waals surface area (Å²) in [5.74, 6) is 0. The molecule has 0 radical (unpaired) electrons. The normalized spacial score (nSPS) is 11.3. The van der Waals surface area contributed by atoms with Crippen molar-refractivity contribution >= 4 is 0 Å². The van der Waals surface area contributed by atoms with Crippen LogP contribution in [0.1, 0.15) is 27.8 Å². The highest BCUT2D eigenvalue weighted by Crippen LogP contribution is 2.36. The Morgan fingerprint density at radius 1 is 0.704 bits per heavy atom. The van der Waals surface area contributed by atoms with E-state index in [1.165, 1.54) is 11.6 Å². The maximum atomic E-state index is 13.2. The summed E-state index contributed by atoms with van der Waals surface area (Å²) in [7, 11) is 0. The molecule has 0 saturated heterocycles. The first-order chi connectivity index (χ1) is 12.7. The molecule has 1 nitrogen and oxygen atoms in total. The minimum absolute atomic E-state index is 0.00388. The maximum absolute atomic E-state index is 13.2. The van der Waals surface area contributed by atoms with Crippen LogP contribution in [0.4, 0.5) is 13.2 Å². The molecule has 0 aromatic heterocycles. The number of hydrogen-bond acceptors (Lipinski definition) is 1. The largest absolute Gasteiger partial charge is 0.416 e. The van der Waals surface area contributed by atoms with Gasteiger partial charge in [-0.2, -0.15) is 18.4 Å². The second kappa shape index (κ2) is 6.92. The third-order valence-electron chi connectivity index (χ3n) is 4.78. The Kier molecular flexibility index (Phi) is 4.80. The lowest BCUT2D eigenvalue weighted by Gasteiger charge is -2.14. The predicted molar refractivity (Wildman–Crippen MR) is 101 cm³/mol. The summed E-state index contributed by atoms with van der Waals surface area (Å²) in [5, 5.41) is 9.14. The summed E-state index contributed by atoms with van der Waals surface area (Å²) in [6, 6.07) is 17.2. The van der Waals surface area contributed by atoms with Crippen LogP contribution in [0.15, 0.2) is 54.6 Å². The van der Waals surface area contributed by atoms with E-state index in [9.17, 15) is 13.2 Å². The number of halogens is 3. The lowest BCUT2D eigenvalue weighted by atomic mass is 9.92. The van der Waals surface area contributed by atoms with Crippen LogP contribution in [0.3, 0.4) is 0 Å². The van der Waals surface area contributed by atoms with Gasteiger partial charge in [0.05, 0.1) is 17.2 Å². The molecule has 0 aliphatic rings. The van der Waals surface area contributed by atoms with Gasteiger partial charge in [0, 0.05) is 0 Å². The van der Waals surface area contributed by atoms with Gasteiger partial charge in [0.25, 0.3) is 0 Å². The fourth-order valence-electron chi connectivity index (χ4n) is 3.04. The molecule has 3 aromatic carbocycles. The molecule has 0 N–H and O–H groups in total. The Morgan fingerprint density at radius 3 is 1.93 bits per heavy atom. The second-order valence-electron chi connectivity index (χ2n) is 6.74. The molecule has 0 aliphatic carbocycles. The van der Waals surface area contributed by atoms with E-state index in [0.29, 0.717) is 11.1 Å². The van der Waals surface area contributed by atoms with Crippen molar-refractivity contribution in [3.63, 3.8) is 0 Å². The van der Waals surface area contributed by atoms with Gasteiger partial charge in [0.1, 0.15) is 0 Å². The van der Waals surface area contributed by atoms with Gasteiger partial charge in [0.15, 0.2) is 0 Å². The number of nitrogens with zero attached hydrogens (tertiary/aromatic N) is 1. The SMILES string of the molecule is Cc1ccc(-c2ccc(C)c(-c3cc(C#N)cc(C(F)(F)F)c3)c2)cc1C. The van der Waals surface area contributed by atoms with Crippen LogP contribution in [0.2, 0.25) is 0 Å². The molecule has 0 saturated carbocycles. The molecule has 0 fully saturated rings. The molecule has 27 heavy (non-hydrogen) atoms.